The molecule has 12 heavy (non-hydrogen) atoms. The fraction of sp³-hybridized carbons (Fsp3) is 0.714. The van der Waals surface area contributed by atoms with Crippen LogP contribution in [0.1, 0.15) is 6.92 Å². The highest BCUT2D eigenvalue weighted by molar-refractivity contribution is 7.85. The van der Waals surface area contributed by atoms with Crippen molar-refractivity contribution in [2.75, 3.05) is 24.3 Å². The molecule has 2 unspecified atom stereocenters. The lowest BCUT2D eigenvalue weighted by Gasteiger charge is -1.93. The van der Waals surface area contributed by atoms with Gasteiger partial charge >= 0.3 is 0 Å². The van der Waals surface area contributed by atoms with Crippen LogP contribution in [0, 0.1) is 0 Å². The molecule has 0 saturated heterocycles. The number of hydrogen-bond donors (Lipinski definition) is 0. The van der Waals surface area contributed by atoms with Crippen molar-refractivity contribution in [2.45, 2.75) is 6.92 Å². The van der Waals surface area contributed by atoms with Crippen LogP contribution in [0.4, 0.5) is 0 Å². The van der Waals surface area contributed by atoms with Crippen molar-refractivity contribution < 1.29 is 4.21 Å². The van der Waals surface area contributed by atoms with Crippen LogP contribution in [-0.4, -0.2) is 28.5 Å². The number of halogens is 2. The molecule has 0 fully saturated rings. The van der Waals surface area contributed by atoms with Crippen molar-refractivity contribution in [1.29, 1.82) is 0 Å². The van der Waals surface area contributed by atoms with Gasteiger partial charge in [-0.05, 0) is 12.8 Å². The average molecular weight is 249 g/mol. The van der Waals surface area contributed by atoms with Crippen LogP contribution in [0.2, 0.25) is 0 Å². The van der Waals surface area contributed by atoms with Crippen LogP contribution in [0.15, 0.2) is 11.1 Å². The molecule has 0 spiro atoms. The second-order valence-electron chi connectivity index (χ2n) is 1.87. The molecule has 0 aliphatic heterocycles. The normalized spacial score (nSPS) is 12.3. The van der Waals surface area contributed by atoms with Crippen molar-refractivity contribution in [1.82, 2.24) is 0 Å². The maximum absolute atomic E-state index is 10.7. The van der Waals surface area contributed by atoms with Gasteiger partial charge in [0, 0.05) is 22.3 Å². The summed E-state index contributed by atoms with van der Waals surface area (Å²) < 4.78 is 10.8. The van der Waals surface area contributed by atoms with Gasteiger partial charge in [-0.3, -0.25) is 4.21 Å². The van der Waals surface area contributed by atoms with Crippen molar-refractivity contribution in [2.24, 2.45) is 0 Å². The molecule has 0 aromatic carbocycles. The van der Waals surface area contributed by atoms with E-state index in [-0.39, 0.29) is 4.49 Å². The molecule has 0 aliphatic rings. The second-order valence-corrected chi connectivity index (χ2v) is 6.05. The zero-order valence-corrected chi connectivity index (χ0v) is 10.7. The topological polar surface area (TPSA) is 17.1 Å². The maximum Gasteiger partial charge on any atom is 0.0992 e. The Morgan fingerprint density at radius 3 is 2.25 bits per heavy atom. The zero-order chi connectivity index (χ0) is 9.98. The molecule has 0 amide bonds. The maximum atomic E-state index is 10.7. The fourth-order valence-corrected chi connectivity index (χ4v) is 2.38. The van der Waals surface area contributed by atoms with Crippen LogP contribution < -0.4 is 0 Å². The van der Waals surface area contributed by atoms with Gasteiger partial charge in [0.05, 0.1) is 4.49 Å². The Labute approximate surface area is 89.1 Å². The first kappa shape index (κ1) is 15.4. The first-order valence-corrected chi connectivity index (χ1v) is 7.49. The summed E-state index contributed by atoms with van der Waals surface area (Å²) >= 11 is 9.69. The molecule has 0 rings (SSSR count). The Morgan fingerprint density at radius 1 is 1.58 bits per heavy atom. The van der Waals surface area contributed by atoms with Crippen LogP contribution >= 0.6 is 31.8 Å². The molecule has 1 nitrogen and oxygen atoms in total. The van der Waals surface area contributed by atoms with E-state index >= 15 is 0 Å². The average Bonchev–Trinajstić information content (AvgIpc) is 1.99. The summed E-state index contributed by atoms with van der Waals surface area (Å²) in [5.41, 5.74) is 0. The summed E-state index contributed by atoms with van der Waals surface area (Å²) in [6.45, 7) is 7.20. The van der Waals surface area contributed by atoms with Crippen molar-refractivity contribution >= 4 is 42.6 Å². The quantitative estimate of drug-likeness (QED) is 0.700. The first-order valence-electron chi connectivity index (χ1n) is 3.54. The summed E-state index contributed by atoms with van der Waals surface area (Å²) in [6.07, 6.45) is 1.14. The minimum atomic E-state index is -0.520. The highest BCUT2D eigenvalue weighted by Crippen LogP contribution is 2.00. The van der Waals surface area contributed by atoms with Gasteiger partial charge in [-0.1, -0.05) is 36.7 Å². The number of hydrogen-bond acceptors (Lipinski definition) is 1. The van der Waals surface area contributed by atoms with E-state index in [1.807, 2.05) is 6.92 Å². The van der Waals surface area contributed by atoms with Gasteiger partial charge in [-0.2, -0.15) is 0 Å². The van der Waals surface area contributed by atoms with E-state index in [9.17, 15) is 4.21 Å². The fourth-order valence-electron chi connectivity index (χ4n) is 0.360. The third-order valence-corrected chi connectivity index (χ3v) is 3.32. The first-order chi connectivity index (χ1) is 5.54. The van der Waals surface area contributed by atoms with Crippen LogP contribution in [-0.2, 0) is 10.8 Å². The van der Waals surface area contributed by atoms with E-state index in [0.717, 1.165) is 26.2 Å². The van der Waals surface area contributed by atoms with Crippen LogP contribution in [0.25, 0.3) is 0 Å². The van der Waals surface area contributed by atoms with Gasteiger partial charge in [0.2, 0.25) is 0 Å². The molecule has 74 valence electrons. The third kappa shape index (κ3) is 22.4. The van der Waals surface area contributed by atoms with Gasteiger partial charge in [-0.15, -0.1) is 8.58 Å². The molecule has 0 aromatic heterocycles. The minimum absolute atomic E-state index is 0.111. The largest absolute Gasteiger partial charge is 0.260 e. The smallest absolute Gasteiger partial charge is 0.0992 e. The van der Waals surface area contributed by atoms with E-state index in [4.69, 9.17) is 23.2 Å². The standard InChI is InChI=1S/C5H13OPS.C2H2Cl2/c1-3-8(6)5-4-7-2;1-2(3)4/h7H,3-5H2,1-2H3;1H2. The Bertz CT molecular complexity index is 137. The monoisotopic (exact) mass is 248 g/mol. The van der Waals surface area contributed by atoms with Crippen LogP contribution in [0.3, 0.4) is 0 Å². The number of rotatable bonds is 4. The van der Waals surface area contributed by atoms with E-state index in [1.54, 1.807) is 0 Å². The molecule has 0 bridgehead atoms. The van der Waals surface area contributed by atoms with Gasteiger partial charge < -0.3 is 0 Å². The van der Waals surface area contributed by atoms with Gasteiger partial charge in [-0.25, -0.2) is 0 Å². The highest BCUT2D eigenvalue weighted by atomic mass is 35.5. The highest BCUT2D eigenvalue weighted by Gasteiger charge is 1.91. The zero-order valence-electron chi connectivity index (χ0n) is 7.40. The van der Waals surface area contributed by atoms with Crippen molar-refractivity contribution in [3.05, 3.63) is 11.1 Å². The van der Waals surface area contributed by atoms with E-state index in [0.29, 0.717) is 0 Å². The Morgan fingerprint density at radius 2 is 2.00 bits per heavy atom. The van der Waals surface area contributed by atoms with E-state index < -0.39 is 10.8 Å². The Hall–Kier alpha value is 0.900. The van der Waals surface area contributed by atoms with Gasteiger partial charge in [0.1, 0.15) is 0 Å². The van der Waals surface area contributed by atoms with Crippen LogP contribution in [0.5, 0.6) is 0 Å². The summed E-state index contributed by atoms with van der Waals surface area (Å²) in [5.74, 6) is 1.73. The second kappa shape index (κ2) is 11.9. The molecule has 0 aliphatic carbocycles. The minimum Gasteiger partial charge on any atom is -0.260 e. The molecule has 0 heterocycles. The molecule has 0 aromatic rings. The molecular weight excluding hydrogens is 234 g/mol. The molecule has 2 atom stereocenters. The SMILES string of the molecule is C=C(Cl)Cl.CCS(=O)CCPC. The van der Waals surface area contributed by atoms with Crippen molar-refractivity contribution in [3.8, 4) is 0 Å². The summed E-state index contributed by atoms with van der Waals surface area (Å²) in [7, 11) is 0.441. The van der Waals surface area contributed by atoms with E-state index in [2.05, 4.69) is 13.2 Å². The summed E-state index contributed by atoms with van der Waals surface area (Å²) in [5, 5.41) is 0. The van der Waals surface area contributed by atoms with E-state index in [1.165, 1.54) is 0 Å². The molecule has 0 saturated carbocycles. The predicted octanol–water partition coefficient (Wildman–Crippen LogP) is 3.00. The predicted molar refractivity (Wildman–Crippen MR) is 63.5 cm³/mol. The Kier molecular flexibility index (Phi) is 15.2. The Balaban J connectivity index is 0. The third-order valence-electron chi connectivity index (χ3n) is 0.902. The van der Waals surface area contributed by atoms with Gasteiger partial charge in [0.15, 0.2) is 0 Å². The van der Waals surface area contributed by atoms with Gasteiger partial charge in [0.25, 0.3) is 0 Å². The lowest BCUT2D eigenvalue weighted by molar-refractivity contribution is 0.685. The molecular formula is C7H15Cl2OPS. The molecule has 0 radical (unpaired) electrons. The summed E-state index contributed by atoms with van der Waals surface area (Å²) in [6, 6.07) is 0. The van der Waals surface area contributed by atoms with Crippen molar-refractivity contribution in [3.63, 3.8) is 0 Å². The molecule has 5 heteroatoms. The summed E-state index contributed by atoms with van der Waals surface area (Å²) in [4.78, 5) is 0. The lowest BCUT2D eigenvalue weighted by atomic mass is 10.9. The lowest BCUT2D eigenvalue weighted by Crippen LogP contribution is -2.00. The molecule has 0 N–H and O–H groups in total.